The summed E-state index contributed by atoms with van der Waals surface area (Å²) in [6.07, 6.45) is 8.01. The molecule has 4 aliphatic rings. The number of piperidine rings is 1. The van der Waals surface area contributed by atoms with Crippen molar-refractivity contribution in [3.05, 3.63) is 40.4 Å². The number of hydrogen-bond acceptors (Lipinski definition) is 3. The Kier molecular flexibility index (Phi) is 4.21. The molecule has 6 heteroatoms. The van der Waals surface area contributed by atoms with Crippen molar-refractivity contribution >= 4 is 33.5 Å². The van der Waals surface area contributed by atoms with Gasteiger partial charge in [-0.2, -0.15) is 0 Å². The fourth-order valence-electron chi connectivity index (χ4n) is 6.63. The van der Waals surface area contributed by atoms with Crippen molar-refractivity contribution in [2.24, 2.45) is 16.7 Å². The molecular formula is C23H28ClNO3S. The van der Waals surface area contributed by atoms with Crippen molar-refractivity contribution in [3.8, 4) is 0 Å². The third-order valence-electron chi connectivity index (χ3n) is 8.70. The molecule has 1 unspecified atom stereocenters. The summed E-state index contributed by atoms with van der Waals surface area (Å²) in [6, 6.07) is 5.94. The van der Waals surface area contributed by atoms with Gasteiger partial charge in [-0.05, 0) is 54.2 Å². The van der Waals surface area contributed by atoms with Gasteiger partial charge in [0.1, 0.15) is 5.78 Å². The van der Waals surface area contributed by atoms with Gasteiger partial charge in [-0.3, -0.25) is 4.79 Å². The molecule has 1 aromatic carbocycles. The number of sulfonamides is 1. The summed E-state index contributed by atoms with van der Waals surface area (Å²) in [5.41, 5.74) is 1.19. The van der Waals surface area contributed by atoms with Gasteiger partial charge in [-0.25, -0.2) is 12.7 Å². The SMILES string of the molecule is CC1(C)C2CC[C@@]1(CS(=O)(=O)N1CCC3(C=Cc4cccc(Cl)c43)CC1)C(=O)C2. The van der Waals surface area contributed by atoms with E-state index < -0.39 is 15.4 Å². The molecule has 0 N–H and O–H groups in total. The molecule has 2 atom stereocenters. The minimum atomic E-state index is -3.49. The second kappa shape index (κ2) is 6.18. The normalized spacial score (nSPS) is 32.2. The fourth-order valence-corrected chi connectivity index (χ4v) is 9.22. The molecule has 3 aliphatic carbocycles. The van der Waals surface area contributed by atoms with E-state index in [-0.39, 0.29) is 22.4 Å². The number of nitrogens with zero attached hydrogens (tertiary/aromatic N) is 1. The van der Waals surface area contributed by atoms with Crippen LogP contribution >= 0.6 is 11.6 Å². The Morgan fingerprint density at radius 2 is 1.90 bits per heavy atom. The molecule has 5 rings (SSSR count). The van der Waals surface area contributed by atoms with Gasteiger partial charge in [0, 0.05) is 35.4 Å². The first kappa shape index (κ1) is 19.8. The van der Waals surface area contributed by atoms with Crippen molar-refractivity contribution in [1.29, 1.82) is 0 Å². The Labute approximate surface area is 178 Å². The maximum absolute atomic E-state index is 13.4. The third kappa shape index (κ3) is 2.60. The van der Waals surface area contributed by atoms with E-state index in [1.165, 1.54) is 0 Å². The molecule has 3 fully saturated rings. The van der Waals surface area contributed by atoms with Crippen LogP contribution in [0.5, 0.6) is 0 Å². The maximum Gasteiger partial charge on any atom is 0.215 e. The van der Waals surface area contributed by atoms with Crippen LogP contribution in [0.3, 0.4) is 0 Å². The van der Waals surface area contributed by atoms with Gasteiger partial charge in [0.15, 0.2) is 0 Å². The number of carbonyl (C=O) groups is 1. The molecule has 0 amide bonds. The Bertz CT molecular complexity index is 1020. The standard InChI is InChI=1S/C23H28ClNO3S/c1-21(2)17-7-9-23(21,19(26)14-17)15-29(27,28)25-12-10-22(11-13-25)8-6-16-4-3-5-18(24)20(16)22/h3-6,8,17H,7,9-15H2,1-2H3/t17?,23-/m1/s1. The second-order valence-electron chi connectivity index (χ2n) is 10.0. The lowest BCUT2D eigenvalue weighted by atomic mass is 9.70. The number of allylic oxidation sites excluding steroid dienone is 1. The van der Waals surface area contributed by atoms with Crippen molar-refractivity contribution in [1.82, 2.24) is 4.31 Å². The molecule has 0 aromatic heterocycles. The van der Waals surface area contributed by atoms with Crippen molar-refractivity contribution < 1.29 is 13.2 Å². The molecule has 1 heterocycles. The first-order valence-corrected chi connectivity index (χ1v) is 12.6. The summed E-state index contributed by atoms with van der Waals surface area (Å²) >= 11 is 6.51. The first-order chi connectivity index (χ1) is 13.6. The smallest absolute Gasteiger partial charge is 0.215 e. The molecule has 2 saturated carbocycles. The van der Waals surface area contributed by atoms with Crippen LogP contribution < -0.4 is 0 Å². The highest BCUT2D eigenvalue weighted by Gasteiger charge is 2.65. The van der Waals surface area contributed by atoms with E-state index in [9.17, 15) is 13.2 Å². The number of ketones is 1. The largest absolute Gasteiger partial charge is 0.299 e. The average molecular weight is 434 g/mol. The van der Waals surface area contributed by atoms with Crippen molar-refractivity contribution in [3.63, 3.8) is 0 Å². The zero-order valence-electron chi connectivity index (χ0n) is 17.1. The number of carbonyl (C=O) groups excluding carboxylic acids is 1. The molecule has 1 aromatic rings. The first-order valence-electron chi connectivity index (χ1n) is 10.6. The Balaban J connectivity index is 1.37. The van der Waals surface area contributed by atoms with E-state index in [2.05, 4.69) is 32.1 Å². The van der Waals surface area contributed by atoms with Gasteiger partial charge in [-0.15, -0.1) is 0 Å². The fraction of sp³-hybridized carbons (Fsp3) is 0.609. The molecule has 4 nitrogen and oxygen atoms in total. The number of halogens is 1. The highest BCUT2D eigenvalue weighted by atomic mass is 35.5. The van der Waals surface area contributed by atoms with Crippen LogP contribution in [0.1, 0.15) is 57.1 Å². The monoisotopic (exact) mass is 433 g/mol. The van der Waals surface area contributed by atoms with Gasteiger partial charge < -0.3 is 0 Å². The van der Waals surface area contributed by atoms with Crippen LogP contribution in [0.25, 0.3) is 6.08 Å². The number of fused-ring (bicyclic) bond motifs is 4. The molecule has 0 radical (unpaired) electrons. The summed E-state index contributed by atoms with van der Waals surface area (Å²) in [5, 5.41) is 0.762. The Morgan fingerprint density at radius 1 is 1.17 bits per heavy atom. The molecule has 1 aliphatic heterocycles. The van der Waals surface area contributed by atoms with E-state index in [4.69, 9.17) is 11.6 Å². The molecular weight excluding hydrogens is 406 g/mol. The van der Waals surface area contributed by atoms with Crippen molar-refractivity contribution in [2.45, 2.75) is 51.4 Å². The van der Waals surface area contributed by atoms with Gasteiger partial charge in [0.25, 0.3) is 0 Å². The summed E-state index contributed by atoms with van der Waals surface area (Å²) in [7, 11) is -3.49. The quantitative estimate of drug-likeness (QED) is 0.708. The van der Waals surface area contributed by atoms with Gasteiger partial charge in [-0.1, -0.05) is 49.7 Å². The predicted octanol–water partition coefficient (Wildman–Crippen LogP) is 4.43. The zero-order chi connectivity index (χ0) is 20.7. The van der Waals surface area contributed by atoms with Gasteiger partial charge in [0.2, 0.25) is 10.0 Å². The number of benzene rings is 1. The highest BCUT2D eigenvalue weighted by Crippen LogP contribution is 2.64. The van der Waals surface area contributed by atoms with Crippen molar-refractivity contribution in [2.75, 3.05) is 18.8 Å². The second-order valence-corrected chi connectivity index (χ2v) is 12.4. The predicted molar refractivity (Wildman–Crippen MR) is 115 cm³/mol. The molecule has 29 heavy (non-hydrogen) atoms. The maximum atomic E-state index is 13.4. The number of hydrogen-bond donors (Lipinski definition) is 0. The Morgan fingerprint density at radius 3 is 2.52 bits per heavy atom. The van der Waals surface area contributed by atoms with Gasteiger partial charge in [0.05, 0.1) is 5.75 Å². The lowest BCUT2D eigenvalue weighted by molar-refractivity contribution is -0.128. The minimum Gasteiger partial charge on any atom is -0.299 e. The van der Waals surface area contributed by atoms with Crippen LogP contribution in [0.4, 0.5) is 0 Å². The minimum absolute atomic E-state index is 0.0253. The van der Waals surface area contributed by atoms with Crippen LogP contribution in [-0.2, 0) is 20.2 Å². The third-order valence-corrected chi connectivity index (χ3v) is 11.0. The average Bonchev–Trinajstić information content (AvgIpc) is 3.19. The molecule has 1 saturated heterocycles. The lowest BCUT2D eigenvalue weighted by Gasteiger charge is -2.41. The van der Waals surface area contributed by atoms with E-state index in [1.807, 2.05) is 12.1 Å². The van der Waals surface area contributed by atoms with E-state index >= 15 is 0 Å². The summed E-state index contributed by atoms with van der Waals surface area (Å²) < 4.78 is 28.4. The van der Waals surface area contributed by atoms with E-state index in [0.717, 1.165) is 35.4 Å². The highest BCUT2D eigenvalue weighted by molar-refractivity contribution is 7.89. The van der Waals surface area contributed by atoms with Gasteiger partial charge >= 0.3 is 0 Å². The van der Waals surface area contributed by atoms with Crippen LogP contribution in [0.15, 0.2) is 24.3 Å². The molecule has 156 valence electrons. The summed E-state index contributed by atoms with van der Waals surface area (Å²) in [5.74, 6) is 0.468. The summed E-state index contributed by atoms with van der Waals surface area (Å²) in [6.45, 7) is 5.15. The molecule has 2 bridgehead atoms. The zero-order valence-corrected chi connectivity index (χ0v) is 18.7. The topological polar surface area (TPSA) is 54.5 Å². The van der Waals surface area contributed by atoms with E-state index in [0.29, 0.717) is 31.8 Å². The number of Topliss-reactive ketones (excluding diaryl/α,β-unsaturated/α-hetero) is 1. The lowest BCUT2D eigenvalue weighted by Crippen LogP contribution is -2.50. The number of rotatable bonds is 3. The van der Waals surface area contributed by atoms with Crippen LogP contribution in [-0.4, -0.2) is 37.3 Å². The van der Waals surface area contributed by atoms with Crippen LogP contribution in [0.2, 0.25) is 5.02 Å². The van der Waals surface area contributed by atoms with E-state index in [1.54, 1.807) is 4.31 Å². The summed E-state index contributed by atoms with van der Waals surface area (Å²) in [4.78, 5) is 12.8. The molecule has 1 spiro atoms. The van der Waals surface area contributed by atoms with Crippen LogP contribution in [0, 0.1) is 16.7 Å². The Hall–Kier alpha value is -1.17.